The standard InChI is InChI=1S/C20H33N/c1-9-10-21-17(18-19(5,6)20(18,7)8)16-12-14(3)13(2)11-15(16)4/h11-12,17-18,21H,9-10H2,1-8H3. The topological polar surface area (TPSA) is 12.0 Å². The summed E-state index contributed by atoms with van der Waals surface area (Å²) in [7, 11) is 0. The lowest BCUT2D eigenvalue weighted by molar-refractivity contribution is 0.408. The molecule has 1 unspecified atom stereocenters. The fraction of sp³-hybridized carbons (Fsp3) is 0.700. The maximum Gasteiger partial charge on any atom is 0.0362 e. The summed E-state index contributed by atoms with van der Waals surface area (Å²) in [5.41, 5.74) is 6.57. The molecule has 1 fully saturated rings. The molecule has 0 heterocycles. The molecule has 0 bridgehead atoms. The van der Waals surface area contributed by atoms with Crippen molar-refractivity contribution in [2.45, 2.75) is 67.9 Å². The SMILES string of the molecule is CCCNC(c1cc(C)c(C)cc1C)C1C(C)(C)C1(C)C. The van der Waals surface area contributed by atoms with Gasteiger partial charge >= 0.3 is 0 Å². The predicted octanol–water partition coefficient (Wildman–Crippen LogP) is 5.33. The lowest BCUT2D eigenvalue weighted by Crippen LogP contribution is -2.27. The first-order valence-electron chi connectivity index (χ1n) is 8.45. The van der Waals surface area contributed by atoms with Crippen LogP contribution >= 0.6 is 0 Å². The molecule has 0 amide bonds. The van der Waals surface area contributed by atoms with E-state index >= 15 is 0 Å². The Kier molecular flexibility index (Phi) is 4.28. The fourth-order valence-corrected chi connectivity index (χ4v) is 4.11. The number of rotatable bonds is 5. The smallest absolute Gasteiger partial charge is 0.0362 e. The maximum absolute atomic E-state index is 3.85. The Bertz CT molecular complexity index is 511. The van der Waals surface area contributed by atoms with Crippen LogP contribution < -0.4 is 5.32 Å². The van der Waals surface area contributed by atoms with Gasteiger partial charge in [-0.25, -0.2) is 0 Å². The largest absolute Gasteiger partial charge is 0.310 e. The van der Waals surface area contributed by atoms with Crippen LogP contribution in [0.4, 0.5) is 0 Å². The van der Waals surface area contributed by atoms with Gasteiger partial charge in [0.05, 0.1) is 0 Å². The Hall–Kier alpha value is -0.820. The molecule has 1 aliphatic carbocycles. The van der Waals surface area contributed by atoms with Gasteiger partial charge in [0.25, 0.3) is 0 Å². The van der Waals surface area contributed by atoms with Crippen molar-refractivity contribution in [2.24, 2.45) is 16.7 Å². The molecule has 1 aliphatic rings. The highest BCUT2D eigenvalue weighted by atomic mass is 15.0. The number of aryl methyl sites for hydroxylation is 3. The molecule has 0 saturated heterocycles. The predicted molar refractivity (Wildman–Crippen MR) is 92.7 cm³/mol. The van der Waals surface area contributed by atoms with Crippen molar-refractivity contribution in [3.8, 4) is 0 Å². The second kappa shape index (κ2) is 5.43. The Balaban J connectivity index is 2.41. The molecule has 21 heavy (non-hydrogen) atoms. The minimum absolute atomic E-state index is 0.406. The average Bonchev–Trinajstić information content (AvgIpc) is 2.78. The van der Waals surface area contributed by atoms with Crippen molar-refractivity contribution in [1.29, 1.82) is 0 Å². The first-order chi connectivity index (χ1) is 9.64. The molecule has 1 atom stereocenters. The van der Waals surface area contributed by atoms with Gasteiger partial charge in [-0.2, -0.15) is 0 Å². The number of benzene rings is 1. The molecule has 0 aromatic heterocycles. The van der Waals surface area contributed by atoms with Crippen LogP contribution in [0.15, 0.2) is 12.1 Å². The van der Waals surface area contributed by atoms with Gasteiger partial charge in [-0.3, -0.25) is 0 Å². The van der Waals surface area contributed by atoms with Crippen LogP contribution in [0.5, 0.6) is 0 Å². The highest BCUT2D eigenvalue weighted by Gasteiger charge is 2.67. The average molecular weight is 287 g/mol. The van der Waals surface area contributed by atoms with Gasteiger partial charge in [0, 0.05) is 6.04 Å². The first-order valence-corrected chi connectivity index (χ1v) is 8.45. The summed E-state index contributed by atoms with van der Waals surface area (Å²) >= 11 is 0. The lowest BCUT2D eigenvalue weighted by atomic mass is 9.90. The molecule has 1 N–H and O–H groups in total. The molecule has 1 nitrogen and oxygen atoms in total. The Morgan fingerprint density at radius 3 is 1.95 bits per heavy atom. The summed E-state index contributed by atoms with van der Waals surface area (Å²) in [5.74, 6) is 0.706. The van der Waals surface area contributed by atoms with Crippen molar-refractivity contribution >= 4 is 0 Å². The molecule has 1 aromatic rings. The van der Waals surface area contributed by atoms with Crippen LogP contribution in [-0.4, -0.2) is 6.54 Å². The van der Waals surface area contributed by atoms with Crippen LogP contribution in [0.1, 0.15) is 69.3 Å². The summed E-state index contributed by atoms with van der Waals surface area (Å²) in [5, 5.41) is 3.85. The van der Waals surface area contributed by atoms with Crippen LogP contribution in [0.25, 0.3) is 0 Å². The van der Waals surface area contributed by atoms with E-state index in [2.05, 4.69) is 72.8 Å². The third-order valence-corrected chi connectivity index (χ3v) is 6.30. The van der Waals surface area contributed by atoms with Crippen LogP contribution in [0.3, 0.4) is 0 Å². The van der Waals surface area contributed by atoms with E-state index in [1.165, 1.54) is 28.7 Å². The van der Waals surface area contributed by atoms with Gasteiger partial charge in [0.1, 0.15) is 0 Å². The van der Waals surface area contributed by atoms with Crippen molar-refractivity contribution in [3.63, 3.8) is 0 Å². The second-order valence-corrected chi connectivity index (χ2v) is 8.15. The van der Waals surface area contributed by atoms with E-state index in [-0.39, 0.29) is 0 Å². The van der Waals surface area contributed by atoms with Crippen LogP contribution in [-0.2, 0) is 0 Å². The minimum Gasteiger partial charge on any atom is -0.310 e. The molecule has 0 spiro atoms. The fourth-order valence-electron chi connectivity index (χ4n) is 4.11. The first kappa shape index (κ1) is 16.5. The highest BCUT2D eigenvalue weighted by Crippen LogP contribution is 2.72. The van der Waals surface area contributed by atoms with Gasteiger partial charge < -0.3 is 5.32 Å². The van der Waals surface area contributed by atoms with Gasteiger partial charge in [0.2, 0.25) is 0 Å². The zero-order valence-corrected chi connectivity index (χ0v) is 15.2. The Labute approximate surface area is 131 Å². The summed E-state index contributed by atoms with van der Waals surface area (Å²) in [6, 6.07) is 5.25. The Morgan fingerprint density at radius 2 is 1.48 bits per heavy atom. The molecule has 0 aliphatic heterocycles. The van der Waals surface area contributed by atoms with E-state index < -0.39 is 0 Å². The third-order valence-electron chi connectivity index (χ3n) is 6.30. The van der Waals surface area contributed by atoms with Crippen LogP contribution in [0, 0.1) is 37.5 Å². The van der Waals surface area contributed by atoms with Gasteiger partial charge in [-0.05, 0) is 72.7 Å². The summed E-state index contributed by atoms with van der Waals surface area (Å²) in [6.45, 7) is 19.8. The molecular formula is C20H33N. The summed E-state index contributed by atoms with van der Waals surface area (Å²) in [6.07, 6.45) is 1.19. The molecule has 118 valence electrons. The minimum atomic E-state index is 0.406. The quantitative estimate of drug-likeness (QED) is 0.771. The molecule has 1 saturated carbocycles. The molecule has 1 heteroatoms. The zero-order valence-electron chi connectivity index (χ0n) is 15.2. The van der Waals surface area contributed by atoms with E-state index in [9.17, 15) is 0 Å². The van der Waals surface area contributed by atoms with E-state index in [1.807, 2.05) is 0 Å². The van der Waals surface area contributed by atoms with Crippen molar-refractivity contribution in [2.75, 3.05) is 6.54 Å². The van der Waals surface area contributed by atoms with Gasteiger partial charge in [0.15, 0.2) is 0 Å². The number of nitrogens with one attached hydrogen (secondary N) is 1. The number of hydrogen-bond donors (Lipinski definition) is 1. The lowest BCUT2D eigenvalue weighted by Gasteiger charge is -2.24. The number of hydrogen-bond acceptors (Lipinski definition) is 1. The van der Waals surface area contributed by atoms with E-state index in [0.717, 1.165) is 6.54 Å². The van der Waals surface area contributed by atoms with E-state index in [0.29, 0.717) is 22.8 Å². The third kappa shape index (κ3) is 2.65. The van der Waals surface area contributed by atoms with Crippen molar-refractivity contribution in [1.82, 2.24) is 5.32 Å². The summed E-state index contributed by atoms with van der Waals surface area (Å²) in [4.78, 5) is 0. The second-order valence-electron chi connectivity index (χ2n) is 8.15. The van der Waals surface area contributed by atoms with Gasteiger partial charge in [-0.1, -0.05) is 46.8 Å². The Morgan fingerprint density at radius 1 is 0.952 bits per heavy atom. The van der Waals surface area contributed by atoms with Gasteiger partial charge in [-0.15, -0.1) is 0 Å². The molecule has 1 aromatic carbocycles. The molecule has 2 rings (SSSR count). The highest BCUT2D eigenvalue weighted by molar-refractivity contribution is 5.40. The monoisotopic (exact) mass is 287 g/mol. The normalized spacial score (nSPS) is 21.3. The van der Waals surface area contributed by atoms with Crippen molar-refractivity contribution in [3.05, 3.63) is 34.4 Å². The summed E-state index contributed by atoms with van der Waals surface area (Å²) < 4.78 is 0. The zero-order chi connectivity index (χ0) is 16.0. The van der Waals surface area contributed by atoms with E-state index in [1.54, 1.807) is 0 Å². The van der Waals surface area contributed by atoms with E-state index in [4.69, 9.17) is 0 Å². The molecular weight excluding hydrogens is 254 g/mol. The van der Waals surface area contributed by atoms with Crippen LogP contribution in [0.2, 0.25) is 0 Å². The van der Waals surface area contributed by atoms with Crippen molar-refractivity contribution < 1.29 is 0 Å². The maximum atomic E-state index is 3.85. The molecule has 0 radical (unpaired) electrons.